The van der Waals surface area contributed by atoms with E-state index in [-0.39, 0.29) is 5.56 Å². The average molecular weight is 294 g/mol. The molecule has 4 heteroatoms. The first-order valence-corrected chi connectivity index (χ1v) is 6.57. The van der Waals surface area contributed by atoms with E-state index in [1.807, 2.05) is 13.8 Å². The third-order valence-corrected chi connectivity index (χ3v) is 3.59. The van der Waals surface area contributed by atoms with E-state index in [9.17, 15) is 8.78 Å². The first kappa shape index (κ1) is 14.7. The number of nitrogens with zero attached hydrogens (tertiary/aromatic N) is 1. The zero-order chi connectivity index (χ0) is 14.9. The Morgan fingerprint density at radius 2 is 1.95 bits per heavy atom. The first-order valence-electron chi connectivity index (χ1n) is 6.19. The van der Waals surface area contributed by atoms with Gasteiger partial charge in [0, 0.05) is 22.9 Å². The molecule has 20 heavy (non-hydrogen) atoms. The number of allylic oxidation sites excluding steroid dienone is 1. The summed E-state index contributed by atoms with van der Waals surface area (Å²) < 4.78 is 27.4. The van der Waals surface area contributed by atoms with Gasteiger partial charge in [-0.1, -0.05) is 17.7 Å². The average Bonchev–Trinajstić information content (AvgIpc) is 2.44. The van der Waals surface area contributed by atoms with Crippen molar-refractivity contribution in [3.63, 3.8) is 0 Å². The molecule has 104 valence electrons. The molecule has 0 N–H and O–H groups in total. The smallest absolute Gasteiger partial charge is 0.136 e. The van der Waals surface area contributed by atoms with Gasteiger partial charge in [-0.25, -0.2) is 8.78 Å². The van der Waals surface area contributed by atoms with Crippen LogP contribution in [0.15, 0.2) is 30.5 Å². The molecule has 1 aromatic carbocycles. The highest BCUT2D eigenvalue weighted by molar-refractivity contribution is 6.48. The SMILES string of the molecule is C/C=C(/Cl)c1ncc(-c2ccc(F)c(C)c2F)cc1C. The van der Waals surface area contributed by atoms with Gasteiger partial charge in [-0.05, 0) is 44.5 Å². The minimum Gasteiger partial charge on any atom is -0.254 e. The minimum atomic E-state index is -0.559. The summed E-state index contributed by atoms with van der Waals surface area (Å²) in [7, 11) is 0. The molecule has 0 aliphatic rings. The van der Waals surface area contributed by atoms with Gasteiger partial charge in [-0.3, -0.25) is 4.98 Å². The molecule has 0 aliphatic carbocycles. The second-order valence-corrected chi connectivity index (χ2v) is 4.97. The van der Waals surface area contributed by atoms with E-state index in [4.69, 9.17) is 11.6 Å². The lowest BCUT2D eigenvalue weighted by Gasteiger charge is -2.09. The molecule has 1 nitrogen and oxygen atoms in total. The molecule has 0 radical (unpaired) electrons. The zero-order valence-electron chi connectivity index (χ0n) is 11.5. The predicted octanol–water partition coefficient (Wildman–Crippen LogP) is 5.24. The molecule has 1 aromatic heterocycles. The van der Waals surface area contributed by atoms with Crippen LogP contribution in [0.1, 0.15) is 23.7 Å². The van der Waals surface area contributed by atoms with Gasteiger partial charge < -0.3 is 0 Å². The molecule has 0 unspecified atom stereocenters. The fourth-order valence-corrected chi connectivity index (χ4v) is 2.19. The first-order chi connectivity index (χ1) is 9.45. The minimum absolute atomic E-state index is 0.00992. The van der Waals surface area contributed by atoms with Crippen molar-refractivity contribution >= 4 is 16.6 Å². The standard InChI is InChI=1S/C16H14ClF2N/c1-4-13(17)16-9(2)7-11(8-20-16)12-5-6-14(18)10(3)15(12)19/h4-8H,1-3H3/b13-4+. The number of aromatic nitrogens is 1. The second-order valence-electron chi connectivity index (χ2n) is 4.56. The van der Waals surface area contributed by atoms with Crippen molar-refractivity contribution in [2.75, 3.05) is 0 Å². The summed E-state index contributed by atoms with van der Waals surface area (Å²) in [6.45, 7) is 5.09. The molecule has 0 aliphatic heterocycles. The number of rotatable bonds is 2. The molecular formula is C16H14ClF2N. The van der Waals surface area contributed by atoms with Crippen molar-refractivity contribution in [3.8, 4) is 11.1 Å². The van der Waals surface area contributed by atoms with Gasteiger partial charge in [0.2, 0.25) is 0 Å². The number of benzene rings is 1. The second kappa shape index (κ2) is 5.71. The van der Waals surface area contributed by atoms with Crippen LogP contribution in [-0.2, 0) is 0 Å². The molecule has 0 amide bonds. The van der Waals surface area contributed by atoms with Gasteiger partial charge in [-0.15, -0.1) is 0 Å². The topological polar surface area (TPSA) is 12.9 Å². The van der Waals surface area contributed by atoms with Gasteiger partial charge in [0.1, 0.15) is 11.6 Å². The van der Waals surface area contributed by atoms with Crippen molar-refractivity contribution in [2.45, 2.75) is 20.8 Å². The fraction of sp³-hybridized carbons (Fsp3) is 0.188. The highest BCUT2D eigenvalue weighted by Crippen LogP contribution is 2.29. The summed E-state index contributed by atoms with van der Waals surface area (Å²) in [5.74, 6) is -1.11. The van der Waals surface area contributed by atoms with E-state index >= 15 is 0 Å². The predicted molar refractivity (Wildman–Crippen MR) is 78.6 cm³/mol. The molecule has 0 atom stereocenters. The Kier molecular flexibility index (Phi) is 4.19. The molecule has 1 heterocycles. The van der Waals surface area contributed by atoms with Crippen molar-refractivity contribution < 1.29 is 8.78 Å². The van der Waals surface area contributed by atoms with Crippen LogP contribution in [0.2, 0.25) is 0 Å². The molecular weight excluding hydrogens is 280 g/mol. The third kappa shape index (κ3) is 2.59. The highest BCUT2D eigenvalue weighted by Gasteiger charge is 2.13. The van der Waals surface area contributed by atoms with Gasteiger partial charge in [0.15, 0.2) is 0 Å². The van der Waals surface area contributed by atoms with E-state index < -0.39 is 11.6 Å². The van der Waals surface area contributed by atoms with Gasteiger partial charge in [0.25, 0.3) is 0 Å². The van der Waals surface area contributed by atoms with Crippen LogP contribution < -0.4 is 0 Å². The van der Waals surface area contributed by atoms with E-state index in [0.717, 1.165) is 5.56 Å². The Balaban J connectivity index is 2.56. The van der Waals surface area contributed by atoms with Gasteiger partial charge in [-0.2, -0.15) is 0 Å². The normalized spacial score (nSPS) is 11.8. The number of halogens is 3. The van der Waals surface area contributed by atoms with Crippen LogP contribution in [0.5, 0.6) is 0 Å². The van der Waals surface area contributed by atoms with E-state index in [1.165, 1.54) is 19.1 Å². The third-order valence-electron chi connectivity index (χ3n) is 3.19. The quantitative estimate of drug-likeness (QED) is 0.737. The highest BCUT2D eigenvalue weighted by atomic mass is 35.5. The molecule has 0 bridgehead atoms. The van der Waals surface area contributed by atoms with E-state index in [0.29, 0.717) is 21.9 Å². The zero-order valence-corrected chi connectivity index (χ0v) is 12.2. The molecule has 2 aromatic rings. The van der Waals surface area contributed by atoms with E-state index in [2.05, 4.69) is 4.98 Å². The maximum Gasteiger partial charge on any atom is 0.136 e. The lowest BCUT2D eigenvalue weighted by molar-refractivity contribution is 0.570. The number of hydrogen-bond donors (Lipinski definition) is 0. The Morgan fingerprint density at radius 1 is 1.25 bits per heavy atom. The molecule has 2 rings (SSSR count). The summed E-state index contributed by atoms with van der Waals surface area (Å²) in [5.41, 5.74) is 2.45. The molecule has 0 saturated carbocycles. The lowest BCUT2D eigenvalue weighted by atomic mass is 10.0. The van der Waals surface area contributed by atoms with Crippen LogP contribution in [0, 0.1) is 25.5 Å². The van der Waals surface area contributed by atoms with Crippen LogP contribution in [0.4, 0.5) is 8.78 Å². The van der Waals surface area contributed by atoms with Crippen LogP contribution in [-0.4, -0.2) is 4.98 Å². The van der Waals surface area contributed by atoms with Crippen LogP contribution >= 0.6 is 11.6 Å². The summed E-state index contributed by atoms with van der Waals surface area (Å²) in [5, 5.41) is 0.546. The van der Waals surface area contributed by atoms with Crippen molar-refractivity contribution in [1.82, 2.24) is 4.98 Å². The van der Waals surface area contributed by atoms with Crippen molar-refractivity contribution in [2.24, 2.45) is 0 Å². The van der Waals surface area contributed by atoms with Gasteiger partial charge >= 0.3 is 0 Å². The Bertz CT molecular complexity index is 693. The maximum atomic E-state index is 14.1. The number of pyridine rings is 1. The van der Waals surface area contributed by atoms with Crippen LogP contribution in [0.25, 0.3) is 16.2 Å². The Hall–Kier alpha value is -1.74. The summed E-state index contributed by atoms with van der Waals surface area (Å²) >= 11 is 6.05. The maximum absolute atomic E-state index is 14.1. The largest absolute Gasteiger partial charge is 0.254 e. The molecule has 0 fully saturated rings. The van der Waals surface area contributed by atoms with Crippen molar-refractivity contribution in [1.29, 1.82) is 0 Å². The Morgan fingerprint density at radius 3 is 2.55 bits per heavy atom. The lowest BCUT2D eigenvalue weighted by Crippen LogP contribution is -1.96. The monoisotopic (exact) mass is 293 g/mol. The number of hydrogen-bond acceptors (Lipinski definition) is 1. The summed E-state index contributed by atoms with van der Waals surface area (Å²) in [6.07, 6.45) is 3.29. The van der Waals surface area contributed by atoms with Crippen molar-refractivity contribution in [3.05, 3.63) is 58.9 Å². The Labute approximate surface area is 121 Å². The fourth-order valence-electron chi connectivity index (χ4n) is 1.99. The van der Waals surface area contributed by atoms with Crippen LogP contribution in [0.3, 0.4) is 0 Å². The summed E-state index contributed by atoms with van der Waals surface area (Å²) in [4.78, 5) is 4.26. The van der Waals surface area contributed by atoms with E-state index in [1.54, 1.807) is 18.3 Å². The molecule has 0 saturated heterocycles. The van der Waals surface area contributed by atoms with Gasteiger partial charge in [0.05, 0.1) is 10.7 Å². The molecule has 0 spiro atoms. The number of aryl methyl sites for hydroxylation is 1. The summed E-state index contributed by atoms with van der Waals surface area (Å²) in [6, 6.07) is 4.48.